The summed E-state index contributed by atoms with van der Waals surface area (Å²) >= 11 is 1.49. The summed E-state index contributed by atoms with van der Waals surface area (Å²) in [4.78, 5) is 23.9. The number of carbonyl (C=O) groups excluding carboxylic acids is 1. The quantitative estimate of drug-likeness (QED) is 0.629. The highest BCUT2D eigenvalue weighted by molar-refractivity contribution is 7.14. The van der Waals surface area contributed by atoms with Crippen LogP contribution >= 0.6 is 11.3 Å². The predicted molar refractivity (Wildman–Crippen MR) is 118 cm³/mol. The lowest BCUT2D eigenvalue weighted by Crippen LogP contribution is -2.53. The first-order valence-electron chi connectivity index (χ1n) is 10.6. The van der Waals surface area contributed by atoms with Gasteiger partial charge in [-0.15, -0.1) is 10.2 Å². The summed E-state index contributed by atoms with van der Waals surface area (Å²) in [6.45, 7) is 1.93. The van der Waals surface area contributed by atoms with Crippen LogP contribution in [0.1, 0.15) is 30.7 Å². The molecule has 2 aliphatic heterocycles. The van der Waals surface area contributed by atoms with Gasteiger partial charge in [0.15, 0.2) is 5.01 Å². The van der Waals surface area contributed by atoms with Crippen molar-refractivity contribution in [2.45, 2.75) is 50.7 Å². The monoisotopic (exact) mass is 441 g/mol. The van der Waals surface area contributed by atoms with Crippen LogP contribution in [0.5, 0.6) is 0 Å². The smallest absolute Gasteiger partial charge is 0.318 e. The minimum absolute atomic E-state index is 0.114. The number of halogens is 1. The Bertz CT molecular complexity index is 1090. The number of aromatic nitrogens is 4. The van der Waals surface area contributed by atoms with Crippen molar-refractivity contribution >= 4 is 34.0 Å². The number of carbonyl (C=O) groups is 1. The van der Waals surface area contributed by atoms with E-state index in [4.69, 9.17) is 0 Å². The fourth-order valence-electron chi connectivity index (χ4n) is 4.73. The second-order valence-electron chi connectivity index (χ2n) is 8.15. The zero-order valence-corrected chi connectivity index (χ0v) is 18.0. The molecule has 162 valence electrons. The zero-order valence-electron chi connectivity index (χ0n) is 17.2. The first-order valence-corrected chi connectivity index (χ1v) is 11.4. The van der Waals surface area contributed by atoms with Gasteiger partial charge in [-0.2, -0.15) is 0 Å². The molecule has 0 aromatic carbocycles. The molecule has 2 fully saturated rings. The number of urea groups is 1. The van der Waals surface area contributed by atoms with Gasteiger partial charge in [0, 0.05) is 42.5 Å². The number of nitrogens with zero attached hydrogens (tertiary/aromatic N) is 5. The van der Waals surface area contributed by atoms with Crippen LogP contribution < -0.4 is 10.6 Å². The third-order valence-corrected chi connectivity index (χ3v) is 6.94. The third-order valence-electron chi connectivity index (χ3n) is 6.08. The van der Waals surface area contributed by atoms with Gasteiger partial charge < -0.3 is 10.2 Å². The second kappa shape index (κ2) is 8.43. The number of anilines is 1. The van der Waals surface area contributed by atoms with Gasteiger partial charge in [0.2, 0.25) is 0 Å². The summed E-state index contributed by atoms with van der Waals surface area (Å²) in [5.41, 5.74) is 0.752. The average molecular weight is 442 g/mol. The molecule has 3 aromatic heterocycles. The Morgan fingerprint density at radius 1 is 1.16 bits per heavy atom. The summed E-state index contributed by atoms with van der Waals surface area (Å²) in [7, 11) is 0. The van der Waals surface area contributed by atoms with Crippen molar-refractivity contribution in [3.8, 4) is 10.7 Å². The first kappa shape index (κ1) is 20.2. The van der Waals surface area contributed by atoms with Crippen molar-refractivity contribution in [3.63, 3.8) is 0 Å². The van der Waals surface area contributed by atoms with E-state index in [1.165, 1.54) is 11.3 Å². The predicted octanol–water partition coefficient (Wildman–Crippen LogP) is 3.54. The molecule has 2 amide bonds. The Balaban J connectivity index is 1.31. The molecule has 1 unspecified atom stereocenters. The molecular formula is C21H24FN7OS. The number of piperidine rings is 1. The Hall–Kier alpha value is -2.72. The number of amides is 2. The topological polar surface area (TPSA) is 95.9 Å². The maximum Gasteiger partial charge on any atom is 0.323 e. The minimum Gasteiger partial charge on any atom is -0.318 e. The van der Waals surface area contributed by atoms with Crippen molar-refractivity contribution in [2.75, 3.05) is 18.5 Å². The van der Waals surface area contributed by atoms with E-state index in [0.717, 1.165) is 52.2 Å². The molecule has 31 heavy (non-hydrogen) atoms. The molecule has 5 heterocycles. The highest BCUT2D eigenvalue weighted by Gasteiger charge is 2.43. The maximum atomic E-state index is 13.0. The molecule has 10 heteroatoms. The van der Waals surface area contributed by atoms with E-state index in [-0.39, 0.29) is 30.8 Å². The number of nitrogens with one attached hydrogen (secondary N) is 2. The van der Waals surface area contributed by atoms with E-state index in [9.17, 15) is 9.18 Å². The van der Waals surface area contributed by atoms with Crippen LogP contribution in [0, 0.1) is 6.92 Å². The average Bonchev–Trinajstić information content (AvgIpc) is 3.32. The molecule has 0 saturated carbocycles. The number of rotatable bonds is 5. The van der Waals surface area contributed by atoms with E-state index in [1.54, 1.807) is 12.4 Å². The summed E-state index contributed by atoms with van der Waals surface area (Å²) < 4.78 is 12.5. The normalized spacial score (nSPS) is 22.8. The van der Waals surface area contributed by atoms with Crippen molar-refractivity contribution in [3.05, 3.63) is 29.5 Å². The number of alkyl halides is 1. The van der Waals surface area contributed by atoms with Crippen LogP contribution in [0.2, 0.25) is 0 Å². The summed E-state index contributed by atoms with van der Waals surface area (Å²) in [6, 6.07) is 4.35. The lowest BCUT2D eigenvalue weighted by Gasteiger charge is -2.39. The van der Waals surface area contributed by atoms with E-state index < -0.39 is 0 Å². The van der Waals surface area contributed by atoms with Crippen molar-refractivity contribution < 1.29 is 9.18 Å². The summed E-state index contributed by atoms with van der Waals surface area (Å²) in [5.74, 6) is 0.514. The third kappa shape index (κ3) is 4.09. The fourth-order valence-corrected chi connectivity index (χ4v) is 5.39. The van der Waals surface area contributed by atoms with E-state index >= 15 is 0 Å². The van der Waals surface area contributed by atoms with Gasteiger partial charge in [0.1, 0.15) is 23.2 Å². The van der Waals surface area contributed by atoms with Crippen LogP contribution in [0.4, 0.5) is 15.0 Å². The lowest BCUT2D eigenvalue weighted by atomic mass is 9.97. The summed E-state index contributed by atoms with van der Waals surface area (Å²) in [5, 5.41) is 17.9. The number of hydrogen-bond donors (Lipinski definition) is 2. The molecule has 3 aromatic rings. The molecule has 2 N–H and O–H groups in total. The largest absolute Gasteiger partial charge is 0.323 e. The van der Waals surface area contributed by atoms with Crippen LogP contribution in [-0.2, 0) is 0 Å². The van der Waals surface area contributed by atoms with Crippen LogP contribution in [-0.4, -0.2) is 62.4 Å². The molecule has 2 bridgehead atoms. The number of pyridine rings is 2. The number of fused-ring (bicyclic) bond motifs is 3. The van der Waals surface area contributed by atoms with Gasteiger partial charge >= 0.3 is 6.03 Å². The highest BCUT2D eigenvalue weighted by Crippen LogP contribution is 2.36. The molecule has 5 rings (SSSR count). The van der Waals surface area contributed by atoms with Crippen LogP contribution in [0.3, 0.4) is 0 Å². The van der Waals surface area contributed by atoms with Gasteiger partial charge in [0.25, 0.3) is 0 Å². The minimum atomic E-state index is -0.362. The molecule has 2 saturated heterocycles. The number of aryl methyl sites for hydroxylation is 1. The molecule has 3 atom stereocenters. The SMILES string of the molecule is Cc1nnc(-c2cc3cc(NC(=O)N4[C@@H]5CC[C@H]4CC(NCCF)C5)ncc3cn2)s1. The van der Waals surface area contributed by atoms with Gasteiger partial charge in [-0.1, -0.05) is 11.3 Å². The van der Waals surface area contributed by atoms with Crippen molar-refractivity contribution in [1.82, 2.24) is 30.4 Å². The zero-order chi connectivity index (χ0) is 21.4. The Morgan fingerprint density at radius 2 is 1.94 bits per heavy atom. The fraction of sp³-hybridized carbons (Fsp3) is 0.476. The lowest BCUT2D eigenvalue weighted by molar-refractivity contribution is 0.141. The van der Waals surface area contributed by atoms with E-state index in [1.807, 2.05) is 24.0 Å². The maximum absolute atomic E-state index is 13.0. The van der Waals surface area contributed by atoms with Crippen LogP contribution in [0.15, 0.2) is 24.5 Å². The van der Waals surface area contributed by atoms with Gasteiger partial charge in [-0.3, -0.25) is 10.3 Å². The first-order chi connectivity index (χ1) is 15.1. The van der Waals surface area contributed by atoms with Gasteiger partial charge in [0.05, 0.1) is 0 Å². The standard InChI is InChI=1S/C21H24FN7OS/c1-12-27-28-20(31-12)18-6-13-7-19(25-11-14(13)10-24-18)26-21(30)29-16-2-3-17(29)9-15(8-16)23-5-4-22/h6-7,10-11,15-17,23H,2-5,8-9H2,1H3,(H,25,26,30)/t15?,16-,17+. The van der Waals surface area contributed by atoms with Crippen molar-refractivity contribution in [2.24, 2.45) is 0 Å². The van der Waals surface area contributed by atoms with Crippen molar-refractivity contribution in [1.29, 1.82) is 0 Å². The van der Waals surface area contributed by atoms with E-state index in [2.05, 4.69) is 30.8 Å². The highest BCUT2D eigenvalue weighted by atomic mass is 32.1. The summed E-state index contributed by atoms with van der Waals surface area (Å²) in [6.07, 6.45) is 7.20. The Labute approximate surface area is 183 Å². The Kier molecular flexibility index (Phi) is 5.49. The molecular weight excluding hydrogens is 417 g/mol. The number of hydrogen-bond acceptors (Lipinski definition) is 7. The Morgan fingerprint density at radius 3 is 2.65 bits per heavy atom. The molecule has 0 aliphatic carbocycles. The molecule has 0 radical (unpaired) electrons. The second-order valence-corrected chi connectivity index (χ2v) is 9.33. The van der Waals surface area contributed by atoms with Gasteiger partial charge in [-0.05, 0) is 50.1 Å². The molecule has 0 spiro atoms. The van der Waals surface area contributed by atoms with Crippen LogP contribution in [0.25, 0.3) is 21.5 Å². The van der Waals surface area contributed by atoms with Gasteiger partial charge in [-0.25, -0.2) is 14.2 Å². The van der Waals surface area contributed by atoms with E-state index in [0.29, 0.717) is 12.4 Å². The molecule has 8 nitrogen and oxygen atoms in total. The molecule has 2 aliphatic rings.